The summed E-state index contributed by atoms with van der Waals surface area (Å²) in [6.45, 7) is 0.932. The minimum atomic E-state index is -0.446. The Balaban J connectivity index is 1.53. The third kappa shape index (κ3) is 5.90. The van der Waals surface area contributed by atoms with Gasteiger partial charge < -0.3 is 9.84 Å². The molecule has 1 aliphatic heterocycles. The van der Waals surface area contributed by atoms with Crippen LogP contribution in [0, 0.1) is 0 Å². The number of nitrogens with zero attached hydrogens (tertiary/aromatic N) is 5. The van der Waals surface area contributed by atoms with E-state index >= 15 is 0 Å². The lowest BCUT2D eigenvalue weighted by molar-refractivity contribution is -0.763. The fourth-order valence-corrected chi connectivity index (χ4v) is 3.93. The molecule has 9 nitrogen and oxygen atoms in total. The second kappa shape index (κ2) is 11.1. The molecule has 0 spiro atoms. The second-order valence-electron chi connectivity index (χ2n) is 7.04. The van der Waals surface area contributed by atoms with Gasteiger partial charge in [0.25, 0.3) is 12.1 Å². The summed E-state index contributed by atoms with van der Waals surface area (Å²) in [5.41, 5.74) is 1.69. The normalized spacial score (nSPS) is 15.3. The highest BCUT2D eigenvalue weighted by Gasteiger charge is 2.31. The monoisotopic (exact) mass is 497 g/mol. The van der Waals surface area contributed by atoms with Crippen molar-refractivity contribution < 1.29 is 23.8 Å². The average Bonchev–Trinajstić information content (AvgIpc) is 3.42. The number of benzene rings is 2. The van der Waals surface area contributed by atoms with Crippen LogP contribution in [0.15, 0.2) is 81.0 Å². The number of carbonyl (C=O) groups excluding carboxylic acids is 1. The predicted octanol–water partition coefficient (Wildman–Crippen LogP) is 2.83. The van der Waals surface area contributed by atoms with Gasteiger partial charge in [-0.05, 0) is 46.5 Å². The standard InChI is InChI=1S/C23H20ClN5O4S/c1-32-12-11-28-14-21(33-27-28)26-20(30)15-34-23-25-19(13-16-7-9-17(24)10-8-16)22(31)29(23)18-5-3-2-4-6-18/h2-10,13-14H,11-12,15H2,1H3/b19-13+. The zero-order valence-corrected chi connectivity index (χ0v) is 19.7. The zero-order valence-electron chi connectivity index (χ0n) is 18.1. The van der Waals surface area contributed by atoms with Crippen LogP contribution in [0.1, 0.15) is 5.56 Å². The van der Waals surface area contributed by atoms with Crippen molar-refractivity contribution in [3.05, 3.63) is 77.1 Å². The molecule has 0 atom stereocenters. The summed E-state index contributed by atoms with van der Waals surface area (Å²) < 4.78 is 11.5. The Morgan fingerprint density at radius 3 is 2.76 bits per heavy atom. The summed E-state index contributed by atoms with van der Waals surface area (Å²) in [7, 11) is 1.58. The summed E-state index contributed by atoms with van der Waals surface area (Å²) in [5.74, 6) is -0.683. The van der Waals surface area contributed by atoms with E-state index in [1.807, 2.05) is 18.2 Å². The quantitative estimate of drug-likeness (QED) is 0.205. The molecule has 2 aromatic carbocycles. The number of aliphatic imine (C=N–C) groups is 2. The Hall–Kier alpha value is -3.47. The number of methoxy groups -OCH3 is 1. The van der Waals surface area contributed by atoms with Crippen molar-refractivity contribution in [1.29, 1.82) is 0 Å². The van der Waals surface area contributed by atoms with E-state index in [-0.39, 0.29) is 23.2 Å². The third-order valence-electron chi connectivity index (χ3n) is 4.60. The molecule has 0 N–H and O–H groups in total. The van der Waals surface area contributed by atoms with E-state index in [0.717, 1.165) is 17.3 Å². The van der Waals surface area contributed by atoms with Gasteiger partial charge in [0.15, 0.2) is 5.17 Å². The number of amides is 1. The van der Waals surface area contributed by atoms with Crippen molar-refractivity contribution in [2.45, 2.75) is 6.54 Å². The molecule has 1 aliphatic rings. The van der Waals surface area contributed by atoms with Crippen molar-refractivity contribution >= 4 is 58.0 Å². The van der Waals surface area contributed by atoms with Gasteiger partial charge in [0.1, 0.15) is 12.3 Å². The zero-order chi connectivity index (χ0) is 23.9. The highest BCUT2D eigenvalue weighted by molar-refractivity contribution is 8.14. The Morgan fingerprint density at radius 2 is 2.03 bits per heavy atom. The lowest BCUT2D eigenvalue weighted by Crippen LogP contribution is -2.36. The van der Waals surface area contributed by atoms with Crippen LogP contribution in [0.25, 0.3) is 6.08 Å². The van der Waals surface area contributed by atoms with E-state index in [9.17, 15) is 9.90 Å². The predicted molar refractivity (Wildman–Crippen MR) is 129 cm³/mol. The largest absolute Gasteiger partial charge is 0.861 e. The molecule has 0 saturated heterocycles. The molecule has 0 saturated carbocycles. The topological polar surface area (TPSA) is 107 Å². The Bertz CT molecular complexity index is 1240. The SMILES string of the molecule is COCC[n+]1cc(/N=C(\[O-])CSC2=N/C(=C/c3ccc(Cl)cc3)C(=O)N2c2ccccc2)on1. The highest BCUT2D eigenvalue weighted by atomic mass is 35.5. The molecule has 0 radical (unpaired) electrons. The van der Waals surface area contributed by atoms with E-state index < -0.39 is 5.90 Å². The highest BCUT2D eigenvalue weighted by Crippen LogP contribution is 2.29. The van der Waals surface area contributed by atoms with Gasteiger partial charge in [-0.3, -0.25) is 14.2 Å². The maximum Gasteiger partial charge on any atom is 0.320 e. The molecule has 1 amide bonds. The fraction of sp³-hybridized carbons (Fsp3) is 0.174. The number of carbonyl (C=O) groups is 1. The Labute approximate surface area is 205 Å². The molecule has 0 bridgehead atoms. The molecule has 4 rings (SSSR count). The van der Waals surface area contributed by atoms with Gasteiger partial charge in [0.05, 0.1) is 5.69 Å². The molecule has 1 aromatic heterocycles. The first kappa shape index (κ1) is 23.7. The average molecular weight is 498 g/mol. The van der Waals surface area contributed by atoms with E-state index in [1.54, 1.807) is 49.6 Å². The second-order valence-corrected chi connectivity index (χ2v) is 8.42. The van der Waals surface area contributed by atoms with Crippen molar-refractivity contribution in [3.63, 3.8) is 0 Å². The maximum absolute atomic E-state index is 13.2. The van der Waals surface area contributed by atoms with Crippen LogP contribution in [0.4, 0.5) is 11.6 Å². The lowest BCUT2D eigenvalue weighted by Gasteiger charge is -2.18. The van der Waals surface area contributed by atoms with Crippen LogP contribution >= 0.6 is 23.4 Å². The molecule has 0 fully saturated rings. The van der Waals surface area contributed by atoms with Crippen molar-refractivity contribution in [2.24, 2.45) is 9.98 Å². The Kier molecular flexibility index (Phi) is 7.73. The minimum Gasteiger partial charge on any atom is -0.861 e. The summed E-state index contributed by atoms with van der Waals surface area (Å²) in [6, 6.07) is 16.2. The fourth-order valence-electron chi connectivity index (χ4n) is 3.00. The van der Waals surface area contributed by atoms with Crippen molar-refractivity contribution in [1.82, 2.24) is 5.27 Å². The number of amidine groups is 1. The van der Waals surface area contributed by atoms with Crippen molar-refractivity contribution in [2.75, 3.05) is 24.4 Å². The summed E-state index contributed by atoms with van der Waals surface area (Å²) in [6.07, 6.45) is 3.20. The first-order valence-electron chi connectivity index (χ1n) is 10.2. The van der Waals surface area contributed by atoms with Gasteiger partial charge in [0, 0.05) is 17.9 Å². The van der Waals surface area contributed by atoms with Crippen LogP contribution in [0.5, 0.6) is 0 Å². The number of anilines is 1. The number of ether oxygens (including phenoxy) is 1. The molecule has 3 aromatic rings. The number of para-hydroxylation sites is 1. The van der Waals surface area contributed by atoms with Crippen LogP contribution < -0.4 is 14.7 Å². The lowest BCUT2D eigenvalue weighted by atomic mass is 10.2. The van der Waals surface area contributed by atoms with E-state index in [1.165, 1.54) is 15.8 Å². The van der Waals surface area contributed by atoms with Crippen LogP contribution in [-0.2, 0) is 16.1 Å². The summed E-state index contributed by atoms with van der Waals surface area (Å²) in [5, 5.41) is 17.2. The maximum atomic E-state index is 13.2. The van der Waals surface area contributed by atoms with Crippen LogP contribution in [-0.4, -0.2) is 41.7 Å². The smallest absolute Gasteiger partial charge is 0.320 e. The molecule has 174 valence electrons. The number of hydrogen-bond donors (Lipinski definition) is 0. The molecular formula is C23H20ClN5O4S. The minimum absolute atomic E-state index is 0.0392. The summed E-state index contributed by atoms with van der Waals surface area (Å²) >= 11 is 7.07. The molecule has 2 heterocycles. The van der Waals surface area contributed by atoms with Crippen LogP contribution in [0.3, 0.4) is 0 Å². The van der Waals surface area contributed by atoms with E-state index in [0.29, 0.717) is 29.0 Å². The number of thioether (sulfide) groups is 1. The molecular weight excluding hydrogens is 478 g/mol. The number of aromatic nitrogens is 2. The third-order valence-corrected chi connectivity index (χ3v) is 5.78. The number of halogens is 1. The van der Waals surface area contributed by atoms with Crippen LogP contribution in [0.2, 0.25) is 5.02 Å². The molecule has 0 unspecified atom stereocenters. The van der Waals surface area contributed by atoms with Gasteiger partial charge in [-0.1, -0.05) is 53.7 Å². The van der Waals surface area contributed by atoms with Gasteiger partial charge in [-0.2, -0.15) is 0 Å². The number of rotatable bonds is 8. The van der Waals surface area contributed by atoms with E-state index in [4.69, 9.17) is 20.9 Å². The van der Waals surface area contributed by atoms with Crippen molar-refractivity contribution in [3.8, 4) is 0 Å². The summed E-state index contributed by atoms with van der Waals surface area (Å²) in [4.78, 5) is 23.1. The Morgan fingerprint density at radius 1 is 1.26 bits per heavy atom. The first-order chi connectivity index (χ1) is 16.5. The van der Waals surface area contributed by atoms with Gasteiger partial charge in [0.2, 0.25) is 11.8 Å². The first-order valence-corrected chi connectivity index (χ1v) is 11.6. The molecule has 0 aliphatic carbocycles. The molecule has 34 heavy (non-hydrogen) atoms. The van der Waals surface area contributed by atoms with Gasteiger partial charge in [-0.15, -0.1) is 0 Å². The molecule has 11 heteroatoms. The van der Waals surface area contributed by atoms with E-state index in [2.05, 4.69) is 15.3 Å². The van der Waals surface area contributed by atoms with Gasteiger partial charge in [-0.25, -0.2) is 9.98 Å². The van der Waals surface area contributed by atoms with Gasteiger partial charge >= 0.3 is 5.88 Å². The number of hydrogen-bond acceptors (Lipinski definition) is 8.